The van der Waals surface area contributed by atoms with Crippen LogP contribution in [0, 0.1) is 51.2 Å². The van der Waals surface area contributed by atoms with Gasteiger partial charge < -0.3 is 19.8 Å². The second kappa shape index (κ2) is 9.53. The number of aliphatic hydroxyl groups excluding tert-OH is 1. The Morgan fingerprint density at radius 2 is 1.85 bits per heavy atom. The minimum Gasteiger partial charge on any atom is -0.462 e. The number of aliphatic hydroxyl groups is 1. The molecule has 0 aliphatic heterocycles. The molecule has 0 radical (unpaired) electrons. The van der Waals surface area contributed by atoms with Gasteiger partial charge in [0.1, 0.15) is 6.10 Å². The van der Waals surface area contributed by atoms with E-state index >= 15 is 0 Å². The first kappa shape index (κ1) is 29.0. The predicted molar refractivity (Wildman–Crippen MR) is 148 cm³/mol. The van der Waals surface area contributed by atoms with E-state index in [-0.39, 0.29) is 34.3 Å². The van der Waals surface area contributed by atoms with Crippen LogP contribution in [0.15, 0.2) is 29.5 Å². The van der Waals surface area contributed by atoms with Gasteiger partial charge in [-0.15, -0.1) is 0 Å². The second-order valence-corrected chi connectivity index (χ2v) is 14.0. The Hall–Kier alpha value is -2.48. The molecule has 4 saturated carbocycles. The predicted octanol–water partition coefficient (Wildman–Crippen LogP) is 4.87. The lowest BCUT2D eigenvalue weighted by Gasteiger charge is -2.60. The molecule has 11 atom stereocenters. The Bertz CT molecular complexity index is 1190. The number of fused-ring (bicyclic) bond motifs is 2. The number of hydrogen-bond donors (Lipinski definition) is 2. The molecule has 0 amide bonds. The van der Waals surface area contributed by atoms with Gasteiger partial charge >= 0.3 is 11.9 Å². The fourth-order valence-corrected chi connectivity index (χ4v) is 10.4. The van der Waals surface area contributed by atoms with Gasteiger partial charge in [-0.2, -0.15) is 0 Å². The van der Waals surface area contributed by atoms with Crippen LogP contribution in [-0.4, -0.2) is 52.6 Å². The van der Waals surface area contributed by atoms with Crippen LogP contribution in [0.1, 0.15) is 80.1 Å². The molecule has 8 nitrogen and oxygen atoms in total. The highest BCUT2D eigenvalue weighted by molar-refractivity contribution is 6.00. The number of esters is 2. The molecule has 8 heteroatoms. The SMILES string of the molecule is C=C(C(=O)[C@H](OC(C)=O)C1[C@@H](OC(C)=O)C[C@@]2(C)[C@@H]3CC[C@H]4[C@H](C)/C(=N/O)C=C[C@@]45C[C@@]35CC[C@]12C)[C@@H](C)CO. The third-order valence-electron chi connectivity index (χ3n) is 12.5. The smallest absolute Gasteiger partial charge is 0.303 e. The minimum atomic E-state index is -1.15. The summed E-state index contributed by atoms with van der Waals surface area (Å²) in [6.45, 7) is 14.8. The van der Waals surface area contributed by atoms with Crippen molar-refractivity contribution in [3.63, 3.8) is 0 Å². The first-order valence-corrected chi connectivity index (χ1v) is 14.8. The van der Waals surface area contributed by atoms with Crippen LogP contribution < -0.4 is 0 Å². The van der Waals surface area contributed by atoms with Crippen LogP contribution in [0.2, 0.25) is 0 Å². The van der Waals surface area contributed by atoms with Crippen LogP contribution in [0.5, 0.6) is 0 Å². The average molecular weight is 556 g/mol. The highest BCUT2D eigenvalue weighted by Gasteiger charge is 2.82. The second-order valence-electron chi connectivity index (χ2n) is 14.0. The quantitative estimate of drug-likeness (QED) is 0.199. The number of nitrogens with zero attached hydrogens (tertiary/aromatic N) is 1. The topological polar surface area (TPSA) is 122 Å². The van der Waals surface area contributed by atoms with E-state index in [0.29, 0.717) is 18.3 Å². The summed E-state index contributed by atoms with van der Waals surface area (Å²) in [7, 11) is 0. The van der Waals surface area contributed by atoms with Gasteiger partial charge in [-0.3, -0.25) is 14.4 Å². The monoisotopic (exact) mass is 555 g/mol. The molecule has 0 saturated heterocycles. The summed E-state index contributed by atoms with van der Waals surface area (Å²) in [5, 5.41) is 22.9. The first-order chi connectivity index (χ1) is 18.7. The molecule has 5 aliphatic rings. The van der Waals surface area contributed by atoms with Gasteiger partial charge in [0.25, 0.3) is 0 Å². The van der Waals surface area contributed by atoms with Crippen LogP contribution >= 0.6 is 0 Å². The molecule has 5 aliphatic carbocycles. The number of allylic oxidation sites excluding steroid dienone is 2. The Morgan fingerprint density at radius 3 is 2.45 bits per heavy atom. The van der Waals surface area contributed by atoms with E-state index in [2.05, 4.69) is 38.6 Å². The highest BCUT2D eigenvalue weighted by atomic mass is 16.6. The fourth-order valence-electron chi connectivity index (χ4n) is 10.4. The molecular weight excluding hydrogens is 510 g/mol. The van der Waals surface area contributed by atoms with Gasteiger partial charge in [0.2, 0.25) is 0 Å². The lowest BCUT2D eigenvalue weighted by Crippen LogP contribution is -2.57. The maximum atomic E-state index is 13.9. The van der Waals surface area contributed by atoms with E-state index in [9.17, 15) is 24.7 Å². The van der Waals surface area contributed by atoms with Crippen molar-refractivity contribution in [3.8, 4) is 0 Å². The fraction of sp³-hybridized carbons (Fsp3) is 0.750. The molecule has 1 unspecified atom stereocenters. The molecule has 0 aromatic carbocycles. The number of Topliss-reactive ketones (excluding diaryl/α,β-unsaturated/α-hetero) is 1. The van der Waals surface area contributed by atoms with Crippen molar-refractivity contribution in [2.24, 2.45) is 56.4 Å². The maximum absolute atomic E-state index is 13.9. The highest BCUT2D eigenvalue weighted by Crippen LogP contribution is 2.87. The summed E-state index contributed by atoms with van der Waals surface area (Å²) in [4.78, 5) is 38.7. The van der Waals surface area contributed by atoms with Crippen LogP contribution in [-0.2, 0) is 23.9 Å². The number of oxime groups is 1. The molecule has 2 N–H and O–H groups in total. The average Bonchev–Trinajstić information content (AvgIpc) is 3.50. The number of carbonyl (C=O) groups is 3. The van der Waals surface area contributed by atoms with Crippen molar-refractivity contribution in [1.82, 2.24) is 0 Å². The van der Waals surface area contributed by atoms with Crippen LogP contribution in [0.25, 0.3) is 0 Å². The maximum Gasteiger partial charge on any atom is 0.303 e. The van der Waals surface area contributed by atoms with E-state index in [1.54, 1.807) is 6.92 Å². The Balaban J connectivity index is 1.57. The normalized spacial score (nSPS) is 45.3. The Morgan fingerprint density at radius 1 is 1.15 bits per heavy atom. The van der Waals surface area contributed by atoms with E-state index in [0.717, 1.165) is 37.8 Å². The molecule has 0 aromatic heterocycles. The summed E-state index contributed by atoms with van der Waals surface area (Å²) in [5.41, 5.74) is 0.429. The molecule has 4 fully saturated rings. The zero-order chi connectivity index (χ0) is 29.4. The van der Waals surface area contributed by atoms with Gasteiger partial charge in [-0.25, -0.2) is 0 Å². The number of ketones is 1. The minimum absolute atomic E-state index is 0.0683. The standard InChI is InChI=1S/C32H45NO7/c1-17(15-34)18(2)27(37)28(40-21(5)36)26-24(39-20(4)35)14-30(7)25-9-8-22-19(3)23(33-38)10-11-31(22)16-32(25,31)13-12-29(26,30)6/h10-11,17,19,22,24-26,28,34,38H,2,8-9,12-16H2,1,3-7H3/b33-23+/t17-,19-,22-,24-,25-,26?,28+,29+,30-,31+,32-/m0/s1. The first-order valence-electron chi connectivity index (χ1n) is 14.8. The summed E-state index contributed by atoms with van der Waals surface area (Å²) in [6, 6.07) is 0. The van der Waals surface area contributed by atoms with Crippen molar-refractivity contribution >= 4 is 23.4 Å². The molecule has 0 bridgehead atoms. The van der Waals surface area contributed by atoms with E-state index in [4.69, 9.17) is 9.47 Å². The zero-order valence-electron chi connectivity index (χ0n) is 24.7. The van der Waals surface area contributed by atoms with Crippen molar-refractivity contribution < 1.29 is 34.2 Å². The molecular formula is C32H45NO7. The zero-order valence-corrected chi connectivity index (χ0v) is 24.7. The van der Waals surface area contributed by atoms with Crippen molar-refractivity contribution in [2.75, 3.05) is 6.61 Å². The van der Waals surface area contributed by atoms with E-state index in [1.165, 1.54) is 13.8 Å². The third kappa shape index (κ3) is 3.73. The van der Waals surface area contributed by atoms with Gasteiger partial charge in [-0.05, 0) is 83.7 Å². The number of carbonyl (C=O) groups excluding carboxylic acids is 3. The van der Waals surface area contributed by atoms with Crippen LogP contribution in [0.4, 0.5) is 0 Å². The number of rotatable bonds is 7. The largest absolute Gasteiger partial charge is 0.462 e. The van der Waals surface area contributed by atoms with E-state index < -0.39 is 47.2 Å². The summed E-state index contributed by atoms with van der Waals surface area (Å²) in [5.74, 6) is -1.45. The number of ether oxygens (including phenoxy) is 2. The summed E-state index contributed by atoms with van der Waals surface area (Å²) in [6.07, 6.45) is 8.09. The Labute approximate surface area is 237 Å². The lowest BCUT2D eigenvalue weighted by molar-refractivity contribution is -0.172. The summed E-state index contributed by atoms with van der Waals surface area (Å²) >= 11 is 0. The van der Waals surface area contributed by atoms with Gasteiger partial charge in [0.05, 0.1) is 5.71 Å². The molecule has 220 valence electrons. The third-order valence-corrected chi connectivity index (χ3v) is 12.5. The Kier molecular flexibility index (Phi) is 6.92. The van der Waals surface area contributed by atoms with Gasteiger partial charge in [0, 0.05) is 38.2 Å². The molecule has 40 heavy (non-hydrogen) atoms. The molecule has 2 spiro atoms. The molecule has 5 rings (SSSR count). The van der Waals surface area contributed by atoms with Crippen molar-refractivity contribution in [2.45, 2.75) is 92.3 Å². The van der Waals surface area contributed by atoms with Gasteiger partial charge in [-0.1, -0.05) is 45.5 Å². The lowest BCUT2D eigenvalue weighted by atomic mass is 9.43. The van der Waals surface area contributed by atoms with Crippen LogP contribution in [0.3, 0.4) is 0 Å². The number of hydrogen-bond acceptors (Lipinski definition) is 8. The summed E-state index contributed by atoms with van der Waals surface area (Å²) < 4.78 is 11.8. The molecule has 0 heterocycles. The van der Waals surface area contributed by atoms with Crippen molar-refractivity contribution in [1.29, 1.82) is 0 Å². The molecule has 0 aromatic rings. The van der Waals surface area contributed by atoms with E-state index in [1.807, 2.05) is 6.08 Å². The van der Waals surface area contributed by atoms with Crippen molar-refractivity contribution in [3.05, 3.63) is 24.3 Å². The van der Waals surface area contributed by atoms with Gasteiger partial charge in [0.15, 0.2) is 11.9 Å².